The van der Waals surface area contributed by atoms with Crippen molar-refractivity contribution in [2.24, 2.45) is 0 Å². The van der Waals surface area contributed by atoms with Crippen LogP contribution in [-0.4, -0.2) is 9.91 Å². The van der Waals surface area contributed by atoms with Crippen LogP contribution in [0.2, 0.25) is 0 Å². The molecule has 0 aliphatic heterocycles. The summed E-state index contributed by atoms with van der Waals surface area (Å²) >= 11 is 6.62. The molecule has 0 saturated heterocycles. The Morgan fingerprint density at radius 1 is 1.37 bits per heavy atom. The first-order chi connectivity index (χ1) is 8.99. The third-order valence-electron chi connectivity index (χ3n) is 2.48. The number of rotatable bonds is 3. The largest absolute Gasteiger partial charge is 0.334 e. The van der Waals surface area contributed by atoms with Crippen LogP contribution in [-0.2, 0) is 0 Å². The number of aryl methyl sites for hydroxylation is 1. The minimum Gasteiger partial charge on any atom is -0.334 e. The van der Waals surface area contributed by atoms with Gasteiger partial charge in [-0.2, -0.15) is 0 Å². The Balaban J connectivity index is 2.44. The number of nitrogens with one attached hydrogen (secondary N) is 1. The Morgan fingerprint density at radius 2 is 2.11 bits per heavy atom. The Labute approximate surface area is 126 Å². The van der Waals surface area contributed by atoms with Gasteiger partial charge in [-0.15, -0.1) is 0 Å². The van der Waals surface area contributed by atoms with Gasteiger partial charge in [0.05, 0.1) is 10.6 Å². The first-order valence-electron chi connectivity index (χ1n) is 5.31. The monoisotopic (exact) mass is 385 g/mol. The summed E-state index contributed by atoms with van der Waals surface area (Å²) in [5, 5.41) is 14.0. The molecule has 1 N–H and O–H groups in total. The number of hydrogen-bond donors (Lipinski definition) is 1. The van der Waals surface area contributed by atoms with Crippen LogP contribution in [0.3, 0.4) is 0 Å². The third-order valence-corrected chi connectivity index (χ3v) is 3.96. The first kappa shape index (κ1) is 14.0. The van der Waals surface area contributed by atoms with Crippen molar-refractivity contribution < 1.29 is 4.92 Å². The molecule has 0 amide bonds. The van der Waals surface area contributed by atoms with Crippen LogP contribution in [0.15, 0.2) is 39.4 Å². The van der Waals surface area contributed by atoms with E-state index < -0.39 is 4.92 Å². The van der Waals surface area contributed by atoms with Crippen molar-refractivity contribution in [3.8, 4) is 0 Å². The number of aromatic nitrogens is 1. The summed E-state index contributed by atoms with van der Waals surface area (Å²) in [5.41, 5.74) is 1.69. The molecule has 5 nitrogen and oxygen atoms in total. The maximum atomic E-state index is 11.0. The molecule has 0 atom stereocenters. The number of nitrogens with zero attached hydrogens (tertiary/aromatic N) is 2. The van der Waals surface area contributed by atoms with E-state index in [1.807, 2.05) is 25.1 Å². The summed E-state index contributed by atoms with van der Waals surface area (Å²) in [4.78, 5) is 14.6. The molecule has 0 fully saturated rings. The number of halogens is 2. The molecule has 0 bridgehead atoms. The third kappa shape index (κ3) is 3.10. The van der Waals surface area contributed by atoms with Gasteiger partial charge < -0.3 is 5.32 Å². The van der Waals surface area contributed by atoms with Crippen LogP contribution in [0.25, 0.3) is 0 Å². The minimum atomic E-state index is -0.468. The Kier molecular flexibility index (Phi) is 4.16. The maximum Gasteiger partial charge on any atom is 0.312 e. The first-order valence-corrected chi connectivity index (χ1v) is 6.89. The quantitative estimate of drug-likeness (QED) is 0.619. The van der Waals surface area contributed by atoms with Crippen molar-refractivity contribution in [2.45, 2.75) is 6.92 Å². The fraction of sp³-hybridized carbons (Fsp3) is 0.0833. The SMILES string of the molecule is Cc1cccc(Nc2ncc(Br)cc2[N+](=O)[O-])c1Br. The van der Waals surface area contributed by atoms with E-state index in [4.69, 9.17) is 0 Å². The van der Waals surface area contributed by atoms with Gasteiger partial charge in [0.1, 0.15) is 0 Å². The van der Waals surface area contributed by atoms with Gasteiger partial charge in [0.25, 0.3) is 0 Å². The number of pyridine rings is 1. The molecule has 1 heterocycles. The topological polar surface area (TPSA) is 68.1 Å². The molecular formula is C12H9Br2N3O2. The predicted octanol–water partition coefficient (Wildman–Crippen LogP) is 4.57. The van der Waals surface area contributed by atoms with Crippen LogP contribution in [0.5, 0.6) is 0 Å². The van der Waals surface area contributed by atoms with Gasteiger partial charge in [-0.1, -0.05) is 12.1 Å². The molecule has 19 heavy (non-hydrogen) atoms. The zero-order chi connectivity index (χ0) is 14.0. The summed E-state index contributed by atoms with van der Waals surface area (Å²) in [5.74, 6) is 0.208. The molecule has 98 valence electrons. The van der Waals surface area contributed by atoms with E-state index in [9.17, 15) is 10.1 Å². The van der Waals surface area contributed by atoms with Gasteiger partial charge in [-0.05, 0) is 50.4 Å². The molecule has 0 saturated carbocycles. The van der Waals surface area contributed by atoms with Crippen molar-refractivity contribution in [3.63, 3.8) is 0 Å². The van der Waals surface area contributed by atoms with Gasteiger partial charge in [-0.25, -0.2) is 4.98 Å². The summed E-state index contributed by atoms with van der Waals surface area (Å²) in [7, 11) is 0. The normalized spacial score (nSPS) is 10.3. The van der Waals surface area contributed by atoms with Crippen molar-refractivity contribution in [1.82, 2.24) is 4.98 Å². The highest BCUT2D eigenvalue weighted by molar-refractivity contribution is 9.11. The van der Waals surface area contributed by atoms with Crippen molar-refractivity contribution in [1.29, 1.82) is 0 Å². The van der Waals surface area contributed by atoms with Gasteiger partial charge in [0, 0.05) is 21.2 Å². The van der Waals surface area contributed by atoms with Crippen LogP contribution in [0.4, 0.5) is 17.2 Å². The fourth-order valence-electron chi connectivity index (χ4n) is 1.54. The van der Waals surface area contributed by atoms with E-state index in [1.165, 1.54) is 12.3 Å². The smallest absolute Gasteiger partial charge is 0.312 e. The Bertz CT molecular complexity index is 647. The molecule has 1 aromatic carbocycles. The highest BCUT2D eigenvalue weighted by Crippen LogP contribution is 2.32. The zero-order valence-electron chi connectivity index (χ0n) is 9.85. The number of anilines is 2. The highest BCUT2D eigenvalue weighted by atomic mass is 79.9. The van der Waals surface area contributed by atoms with Gasteiger partial charge in [-0.3, -0.25) is 10.1 Å². The van der Waals surface area contributed by atoms with E-state index in [0.29, 0.717) is 4.47 Å². The lowest BCUT2D eigenvalue weighted by Crippen LogP contribution is -2.00. The van der Waals surface area contributed by atoms with Gasteiger partial charge in [0.15, 0.2) is 0 Å². The van der Waals surface area contributed by atoms with Crippen molar-refractivity contribution in [2.75, 3.05) is 5.32 Å². The van der Waals surface area contributed by atoms with Gasteiger partial charge >= 0.3 is 5.69 Å². The fourth-order valence-corrected chi connectivity index (χ4v) is 2.22. The van der Waals surface area contributed by atoms with Crippen LogP contribution >= 0.6 is 31.9 Å². The average molecular weight is 387 g/mol. The van der Waals surface area contributed by atoms with E-state index in [2.05, 4.69) is 42.2 Å². The molecule has 7 heteroatoms. The lowest BCUT2D eigenvalue weighted by atomic mass is 10.2. The summed E-state index contributed by atoms with van der Waals surface area (Å²) < 4.78 is 1.42. The molecular weight excluding hydrogens is 378 g/mol. The predicted molar refractivity (Wildman–Crippen MR) is 80.8 cm³/mol. The molecule has 0 spiro atoms. The highest BCUT2D eigenvalue weighted by Gasteiger charge is 2.17. The molecule has 1 aromatic heterocycles. The second-order valence-electron chi connectivity index (χ2n) is 3.84. The maximum absolute atomic E-state index is 11.0. The number of hydrogen-bond acceptors (Lipinski definition) is 4. The molecule has 2 rings (SSSR count). The summed E-state index contributed by atoms with van der Waals surface area (Å²) in [6.45, 7) is 1.94. The molecule has 0 radical (unpaired) electrons. The second kappa shape index (κ2) is 5.66. The standard InChI is InChI=1S/C12H9Br2N3O2/c1-7-3-2-4-9(11(7)14)16-12-10(17(18)19)5-8(13)6-15-12/h2-6H,1H3,(H,15,16). The number of benzene rings is 1. The second-order valence-corrected chi connectivity index (χ2v) is 5.55. The Hall–Kier alpha value is -1.47. The van der Waals surface area contributed by atoms with Crippen LogP contribution in [0, 0.1) is 17.0 Å². The van der Waals surface area contributed by atoms with Crippen LogP contribution in [0.1, 0.15) is 5.56 Å². The zero-order valence-corrected chi connectivity index (χ0v) is 13.0. The van der Waals surface area contributed by atoms with E-state index >= 15 is 0 Å². The lowest BCUT2D eigenvalue weighted by Gasteiger charge is -2.09. The molecule has 0 unspecified atom stereocenters. The molecule has 2 aromatic rings. The molecule has 0 aliphatic rings. The lowest BCUT2D eigenvalue weighted by molar-refractivity contribution is -0.384. The van der Waals surface area contributed by atoms with E-state index in [1.54, 1.807) is 0 Å². The minimum absolute atomic E-state index is 0.0808. The van der Waals surface area contributed by atoms with Crippen molar-refractivity contribution in [3.05, 3.63) is 55.1 Å². The number of nitro groups is 1. The summed E-state index contributed by atoms with van der Waals surface area (Å²) in [6, 6.07) is 7.05. The summed E-state index contributed by atoms with van der Waals surface area (Å²) in [6.07, 6.45) is 1.51. The molecule has 0 aliphatic carbocycles. The average Bonchev–Trinajstić information content (AvgIpc) is 2.36. The van der Waals surface area contributed by atoms with Gasteiger partial charge in [0.2, 0.25) is 5.82 Å². The Morgan fingerprint density at radius 3 is 2.79 bits per heavy atom. The van der Waals surface area contributed by atoms with E-state index in [0.717, 1.165) is 15.7 Å². The van der Waals surface area contributed by atoms with E-state index in [-0.39, 0.29) is 11.5 Å². The van der Waals surface area contributed by atoms with Crippen LogP contribution < -0.4 is 5.32 Å². The van der Waals surface area contributed by atoms with Crippen molar-refractivity contribution >= 4 is 49.1 Å².